The van der Waals surface area contributed by atoms with Crippen molar-refractivity contribution < 1.29 is 72.8 Å². The number of hydrogen-bond donors (Lipinski definition) is 2. The second-order valence-electron chi connectivity index (χ2n) is 11.1. The minimum atomic E-state index is -1.17. The molecule has 1 fully saturated rings. The molecule has 1 amide bonds. The number of rotatable bonds is 12. The van der Waals surface area contributed by atoms with E-state index >= 15 is 0 Å². The molecule has 45 heavy (non-hydrogen) atoms. The molecule has 0 radical (unpaired) electrons. The number of H-pyrrole nitrogens is 1. The molecule has 6 atom stereocenters. The fourth-order valence-electron chi connectivity index (χ4n) is 4.85. The number of carboxylic acid groups (broad SMARTS) is 1. The molecule has 6 unspecified atom stereocenters. The normalized spacial score (nSPS) is 21.0. The van der Waals surface area contributed by atoms with Crippen molar-refractivity contribution in [1.82, 2.24) is 10.3 Å². The predicted octanol–water partition coefficient (Wildman–Crippen LogP) is 1.04. The molecule has 1 aromatic carbocycles. The maximum Gasteiger partial charge on any atom is 1.00 e. The molecule has 0 saturated carbocycles. The van der Waals surface area contributed by atoms with Gasteiger partial charge in [0.05, 0.1) is 12.7 Å². The van der Waals surface area contributed by atoms with Crippen LogP contribution in [0.3, 0.4) is 0 Å². The van der Waals surface area contributed by atoms with Crippen molar-refractivity contribution in [3.05, 3.63) is 36.0 Å². The number of fused-ring (bicyclic) bond motifs is 1. The number of ketones is 2. The number of methoxy groups -OCH3 is 1. The molecule has 12 heteroatoms. The Labute approximate surface area is 288 Å². The molecule has 3 rings (SSSR count). The molecule has 1 aliphatic rings. The van der Waals surface area contributed by atoms with E-state index in [1.807, 2.05) is 24.3 Å². The first kappa shape index (κ1) is 42.4. The number of ether oxygens (including phenoxy) is 3. The van der Waals surface area contributed by atoms with Crippen molar-refractivity contribution >= 4 is 40.3 Å². The fourth-order valence-corrected chi connectivity index (χ4v) is 4.85. The first-order chi connectivity index (χ1) is 20.8. The molecule has 2 N–H and O–H groups in total. The number of benzene rings is 1. The fraction of sp³-hybridized carbons (Fsp3) is 0.606. The number of carbonyl (C=O) groups excluding carboxylic acids is 5. The molecule has 1 aliphatic heterocycles. The van der Waals surface area contributed by atoms with Crippen molar-refractivity contribution in [3.63, 3.8) is 0 Å². The number of aromatic nitrogens is 1. The van der Waals surface area contributed by atoms with Crippen LogP contribution in [0.4, 0.5) is 0 Å². The predicted molar refractivity (Wildman–Crippen MR) is 164 cm³/mol. The van der Waals surface area contributed by atoms with Crippen LogP contribution < -0.4 is 40.0 Å². The SMILES string of the molecule is CC(=O)CCC(=O)[O-].CCC1OC(OC)C(C)C(C)C1C.CCOC(=O)C(NC(=O)CCC(C)=O)c1c[nH]c2ccccc12.[Na+]. The third-order valence-electron chi connectivity index (χ3n) is 7.76. The summed E-state index contributed by atoms with van der Waals surface area (Å²) in [6.45, 7) is 13.7. The van der Waals surface area contributed by atoms with Gasteiger partial charge in [-0.25, -0.2) is 4.79 Å². The second kappa shape index (κ2) is 22.0. The zero-order valence-corrected chi connectivity index (χ0v) is 30.3. The number of aliphatic carboxylic acids is 1. The molecule has 2 heterocycles. The Morgan fingerprint density at radius 2 is 1.53 bits per heavy atom. The second-order valence-corrected chi connectivity index (χ2v) is 11.1. The molecule has 11 nitrogen and oxygen atoms in total. The van der Waals surface area contributed by atoms with Crippen LogP contribution in [-0.4, -0.2) is 60.5 Å². The average molecular weight is 641 g/mol. The maximum absolute atomic E-state index is 12.2. The van der Waals surface area contributed by atoms with Gasteiger partial charge in [0.15, 0.2) is 12.3 Å². The first-order valence-corrected chi connectivity index (χ1v) is 15.2. The van der Waals surface area contributed by atoms with Crippen molar-refractivity contribution in [1.29, 1.82) is 0 Å². The van der Waals surface area contributed by atoms with Crippen molar-refractivity contribution in [2.75, 3.05) is 13.7 Å². The van der Waals surface area contributed by atoms with Gasteiger partial charge in [-0.2, -0.15) is 0 Å². The van der Waals surface area contributed by atoms with Crippen LogP contribution in [0.5, 0.6) is 0 Å². The number of carboxylic acids is 1. The van der Waals surface area contributed by atoms with Gasteiger partial charge in [-0.1, -0.05) is 45.9 Å². The van der Waals surface area contributed by atoms with E-state index in [0.29, 0.717) is 29.4 Å². The van der Waals surface area contributed by atoms with Crippen molar-refractivity contribution in [2.24, 2.45) is 17.8 Å². The zero-order chi connectivity index (χ0) is 33.4. The number of para-hydroxylation sites is 1. The molecule has 2 aromatic rings. The van der Waals surface area contributed by atoms with Gasteiger partial charge in [0, 0.05) is 60.9 Å². The Morgan fingerprint density at radius 3 is 2.04 bits per heavy atom. The molecule has 0 spiro atoms. The van der Waals surface area contributed by atoms with E-state index in [1.54, 1.807) is 20.2 Å². The molecule has 1 saturated heterocycles. The standard InChI is InChI=1S/C17H20N2O4.C11H22O2.C5H8O3.Na/c1-3-23-17(22)16(19-15(21)9-8-11(2)20)13-10-18-14-7-5-4-6-12(13)14;1-6-10-8(3)7(2)9(4)11(12-5)13-10;1-4(6)2-3-5(7)8;/h4-7,10,16,18H,3,8-9H2,1-2H3,(H,19,21);7-11H,6H2,1-5H3;2-3H2,1H3,(H,7,8);/q;;;+1/p-1. The number of nitrogens with one attached hydrogen (secondary N) is 2. The molecule has 1 aromatic heterocycles. The van der Waals surface area contributed by atoms with E-state index in [-0.39, 0.29) is 85.6 Å². The van der Waals surface area contributed by atoms with Crippen LogP contribution in [0.1, 0.15) is 92.2 Å². The Hall–Kier alpha value is -2.57. The summed E-state index contributed by atoms with van der Waals surface area (Å²) in [6.07, 6.45) is 3.27. The van der Waals surface area contributed by atoms with E-state index in [1.165, 1.54) is 13.8 Å². The maximum atomic E-state index is 12.2. The zero-order valence-electron chi connectivity index (χ0n) is 28.3. The van der Waals surface area contributed by atoms with Crippen LogP contribution in [0.2, 0.25) is 0 Å². The Balaban J connectivity index is 0.000000742. The van der Waals surface area contributed by atoms with Gasteiger partial charge in [-0.3, -0.25) is 4.79 Å². The van der Waals surface area contributed by atoms with Gasteiger partial charge in [0.25, 0.3) is 0 Å². The largest absolute Gasteiger partial charge is 1.00 e. The van der Waals surface area contributed by atoms with E-state index in [9.17, 15) is 29.1 Å². The average Bonchev–Trinajstić information content (AvgIpc) is 3.41. The summed E-state index contributed by atoms with van der Waals surface area (Å²) in [7, 11) is 1.73. The topological polar surface area (TPSA) is 164 Å². The van der Waals surface area contributed by atoms with E-state index in [2.05, 4.69) is 38.0 Å². The summed E-state index contributed by atoms with van der Waals surface area (Å²) < 4.78 is 16.3. The third-order valence-corrected chi connectivity index (χ3v) is 7.76. The van der Waals surface area contributed by atoms with E-state index in [0.717, 1.165) is 17.3 Å². The molecule has 0 aliphatic carbocycles. The van der Waals surface area contributed by atoms with Gasteiger partial charge in [-0.05, 0) is 51.5 Å². The van der Waals surface area contributed by atoms with Gasteiger partial charge in [0.2, 0.25) is 5.91 Å². The van der Waals surface area contributed by atoms with Crippen LogP contribution in [-0.2, 0) is 38.2 Å². The van der Waals surface area contributed by atoms with Crippen LogP contribution in [0.15, 0.2) is 30.5 Å². The molecule has 246 valence electrons. The van der Waals surface area contributed by atoms with Gasteiger partial charge in [-0.15, -0.1) is 0 Å². The number of aromatic amines is 1. The van der Waals surface area contributed by atoms with Gasteiger partial charge in [0.1, 0.15) is 11.6 Å². The van der Waals surface area contributed by atoms with Crippen LogP contribution in [0.25, 0.3) is 10.9 Å². The summed E-state index contributed by atoms with van der Waals surface area (Å²) >= 11 is 0. The number of carbonyl (C=O) groups is 5. The Bertz CT molecular complexity index is 1200. The Kier molecular flexibility index (Phi) is 20.8. The monoisotopic (exact) mass is 640 g/mol. The summed E-state index contributed by atoms with van der Waals surface area (Å²) in [5.41, 5.74) is 1.52. The van der Waals surface area contributed by atoms with Crippen LogP contribution in [0, 0.1) is 17.8 Å². The number of amides is 1. The molecule has 0 bridgehead atoms. The molecular weight excluding hydrogens is 591 g/mol. The molecular formula is C33H49N2NaO9. The minimum absolute atomic E-state index is 0. The quantitative estimate of drug-likeness (QED) is 0.255. The number of Topliss-reactive ketones (excluding diaryl/α,β-unsaturated/α-hetero) is 2. The van der Waals surface area contributed by atoms with Crippen molar-refractivity contribution in [2.45, 2.75) is 99.0 Å². The summed E-state index contributed by atoms with van der Waals surface area (Å²) in [4.78, 5) is 58.0. The van der Waals surface area contributed by atoms with E-state index < -0.39 is 18.0 Å². The van der Waals surface area contributed by atoms with Gasteiger partial charge >= 0.3 is 35.5 Å². The Morgan fingerprint density at radius 1 is 0.933 bits per heavy atom. The smallest absolute Gasteiger partial charge is 0.550 e. The first-order valence-electron chi connectivity index (χ1n) is 15.2. The van der Waals surface area contributed by atoms with E-state index in [4.69, 9.17) is 14.2 Å². The number of esters is 1. The summed E-state index contributed by atoms with van der Waals surface area (Å²) in [6, 6.07) is 6.60. The van der Waals surface area contributed by atoms with Crippen molar-refractivity contribution in [3.8, 4) is 0 Å². The third kappa shape index (κ3) is 14.6. The minimum Gasteiger partial charge on any atom is -0.550 e. The summed E-state index contributed by atoms with van der Waals surface area (Å²) in [5, 5.41) is 13.2. The van der Waals surface area contributed by atoms with Crippen LogP contribution >= 0.6 is 0 Å². The van der Waals surface area contributed by atoms with Gasteiger partial charge < -0.3 is 44.0 Å². The summed E-state index contributed by atoms with van der Waals surface area (Å²) in [5.74, 6) is -0.399. The number of hydrogen-bond acceptors (Lipinski definition) is 9.